The van der Waals surface area contributed by atoms with Gasteiger partial charge in [-0.1, -0.05) is 11.6 Å². The van der Waals surface area contributed by atoms with Gasteiger partial charge in [-0.3, -0.25) is 4.79 Å². The van der Waals surface area contributed by atoms with Crippen LogP contribution in [-0.2, 0) is 4.79 Å². The molecule has 0 unspecified atom stereocenters. The van der Waals surface area contributed by atoms with E-state index >= 15 is 0 Å². The first-order valence-electron chi connectivity index (χ1n) is 2.91. The molecular weight excluding hydrogens is 168 g/mol. The van der Waals surface area contributed by atoms with Gasteiger partial charge in [-0.2, -0.15) is 0 Å². The van der Waals surface area contributed by atoms with Crippen LogP contribution < -0.4 is 5.32 Å². The topological polar surface area (TPSA) is 66.2 Å². The molecule has 2 aliphatic heterocycles. The molecule has 1 atom stereocenters. The highest BCUT2D eigenvalue weighted by molar-refractivity contribution is 6.70. The Balaban J connectivity index is 2.45. The molecule has 0 aromatic heterocycles. The van der Waals surface area contributed by atoms with Gasteiger partial charge in [0.15, 0.2) is 17.2 Å². The average molecular weight is 171 g/mol. The van der Waals surface area contributed by atoms with Gasteiger partial charge in [0.1, 0.15) is 6.34 Å². The fourth-order valence-electron chi connectivity index (χ4n) is 0.831. The number of hydrogen-bond acceptors (Lipinski definition) is 4. The van der Waals surface area contributed by atoms with Crippen molar-refractivity contribution >= 4 is 35.4 Å². The molecule has 1 amide bonds. The molecule has 2 rings (SSSR count). The van der Waals surface area contributed by atoms with Gasteiger partial charge in [-0.25, -0.2) is 15.0 Å². The van der Waals surface area contributed by atoms with Crippen LogP contribution in [0.2, 0.25) is 0 Å². The van der Waals surface area contributed by atoms with Crippen molar-refractivity contribution < 1.29 is 4.79 Å². The van der Waals surface area contributed by atoms with Crippen molar-refractivity contribution in [2.75, 3.05) is 0 Å². The van der Waals surface area contributed by atoms with Gasteiger partial charge >= 0.3 is 0 Å². The minimum absolute atomic E-state index is 0.238. The summed E-state index contributed by atoms with van der Waals surface area (Å²) in [6, 6.07) is 0. The van der Waals surface area contributed by atoms with E-state index in [1.54, 1.807) is 0 Å². The Kier molecular flexibility index (Phi) is 1.25. The molecule has 11 heavy (non-hydrogen) atoms. The summed E-state index contributed by atoms with van der Waals surface area (Å²) in [5.41, 5.74) is -0.478. The van der Waals surface area contributed by atoms with Crippen LogP contribution in [0.25, 0.3) is 0 Å². The van der Waals surface area contributed by atoms with Crippen LogP contribution in [-0.4, -0.2) is 29.4 Å². The SMILES string of the molecule is O=C1N[C@@H](Cl)N=C2N=CN=C12. The van der Waals surface area contributed by atoms with Gasteiger partial charge in [0.2, 0.25) is 0 Å². The van der Waals surface area contributed by atoms with Crippen molar-refractivity contribution in [3.8, 4) is 0 Å². The van der Waals surface area contributed by atoms with Crippen LogP contribution in [0, 0.1) is 0 Å². The van der Waals surface area contributed by atoms with Gasteiger partial charge in [0.05, 0.1) is 0 Å². The largest absolute Gasteiger partial charge is 0.316 e. The Morgan fingerprint density at radius 3 is 3.27 bits per heavy atom. The Morgan fingerprint density at radius 1 is 1.64 bits per heavy atom. The molecule has 0 bridgehead atoms. The lowest BCUT2D eigenvalue weighted by molar-refractivity contribution is -0.114. The maximum atomic E-state index is 11.0. The molecule has 2 aliphatic rings. The third-order valence-electron chi connectivity index (χ3n) is 1.28. The van der Waals surface area contributed by atoms with E-state index in [1.165, 1.54) is 6.34 Å². The molecule has 56 valence electrons. The minimum atomic E-state index is -0.716. The van der Waals surface area contributed by atoms with E-state index < -0.39 is 5.62 Å². The number of carbonyl (C=O) groups excluding carboxylic acids is 1. The number of aliphatic imine (C=N–C) groups is 3. The van der Waals surface area contributed by atoms with Crippen molar-refractivity contribution in [2.24, 2.45) is 15.0 Å². The molecule has 0 aromatic carbocycles. The number of halogens is 1. The van der Waals surface area contributed by atoms with Crippen LogP contribution in [0.3, 0.4) is 0 Å². The second-order valence-electron chi connectivity index (χ2n) is 1.98. The lowest BCUT2D eigenvalue weighted by Gasteiger charge is -2.12. The second kappa shape index (κ2) is 2.13. The van der Waals surface area contributed by atoms with Crippen molar-refractivity contribution in [2.45, 2.75) is 5.62 Å². The molecule has 0 saturated carbocycles. The van der Waals surface area contributed by atoms with Gasteiger partial charge in [-0.05, 0) is 0 Å². The van der Waals surface area contributed by atoms with Crippen molar-refractivity contribution in [1.82, 2.24) is 5.32 Å². The zero-order valence-corrected chi connectivity index (χ0v) is 6.04. The predicted octanol–water partition coefficient (Wildman–Crippen LogP) is -0.480. The molecule has 0 aromatic rings. The summed E-state index contributed by atoms with van der Waals surface area (Å²) in [5.74, 6) is -0.0127. The molecule has 0 fully saturated rings. The molecule has 2 heterocycles. The highest BCUT2D eigenvalue weighted by atomic mass is 35.5. The first kappa shape index (κ1) is 6.48. The van der Waals surface area contributed by atoms with Crippen molar-refractivity contribution in [3.63, 3.8) is 0 Å². The fraction of sp³-hybridized carbons (Fsp3) is 0.200. The number of nitrogens with zero attached hydrogens (tertiary/aromatic N) is 3. The molecule has 0 aliphatic carbocycles. The van der Waals surface area contributed by atoms with E-state index in [0.29, 0.717) is 5.84 Å². The first-order chi connectivity index (χ1) is 5.27. The molecule has 0 radical (unpaired) electrons. The number of nitrogens with one attached hydrogen (secondary N) is 1. The minimum Gasteiger partial charge on any atom is -0.316 e. The highest BCUT2D eigenvalue weighted by Gasteiger charge is 2.27. The van der Waals surface area contributed by atoms with Crippen molar-refractivity contribution in [3.05, 3.63) is 0 Å². The molecule has 5 nitrogen and oxygen atoms in total. The van der Waals surface area contributed by atoms with Gasteiger partial charge in [-0.15, -0.1) is 0 Å². The van der Waals surface area contributed by atoms with E-state index in [-0.39, 0.29) is 11.6 Å². The number of fused-ring (bicyclic) bond motifs is 1. The summed E-state index contributed by atoms with van der Waals surface area (Å²) < 4.78 is 0. The van der Waals surface area contributed by atoms with Gasteiger partial charge in [0.25, 0.3) is 5.91 Å². The summed E-state index contributed by atoms with van der Waals surface area (Å²) in [6.45, 7) is 0. The highest BCUT2D eigenvalue weighted by Crippen LogP contribution is 2.06. The molecule has 0 saturated heterocycles. The standard InChI is InChI=1S/C5H3ClN4O/c6-5-9-3-2(4(11)10-5)7-1-8-3/h1,5H,(H,10,11)/t5-/m0/s1. The fourth-order valence-corrected chi connectivity index (χ4v) is 1.02. The Morgan fingerprint density at radius 2 is 2.45 bits per heavy atom. The maximum Gasteiger partial charge on any atom is 0.276 e. The Bertz CT molecular complexity index is 306. The molecule has 6 heteroatoms. The zero-order chi connectivity index (χ0) is 7.84. The van der Waals surface area contributed by atoms with Gasteiger partial charge < -0.3 is 5.32 Å². The monoisotopic (exact) mass is 170 g/mol. The summed E-state index contributed by atoms with van der Waals surface area (Å²) in [6.07, 6.45) is 1.28. The number of carbonyl (C=O) groups is 1. The van der Waals surface area contributed by atoms with Crippen LogP contribution in [0.5, 0.6) is 0 Å². The number of amidine groups is 1. The smallest absolute Gasteiger partial charge is 0.276 e. The van der Waals surface area contributed by atoms with Crippen LogP contribution in [0.15, 0.2) is 15.0 Å². The second-order valence-corrected chi connectivity index (χ2v) is 2.40. The predicted molar refractivity (Wildman–Crippen MR) is 41.1 cm³/mol. The summed E-state index contributed by atoms with van der Waals surface area (Å²) in [5, 5.41) is 2.38. The zero-order valence-electron chi connectivity index (χ0n) is 5.28. The summed E-state index contributed by atoms with van der Waals surface area (Å²) in [7, 11) is 0. The number of amides is 1. The van der Waals surface area contributed by atoms with Crippen LogP contribution in [0.1, 0.15) is 0 Å². The van der Waals surface area contributed by atoms with Crippen LogP contribution in [0.4, 0.5) is 0 Å². The normalized spacial score (nSPS) is 27.4. The molecule has 1 N–H and O–H groups in total. The Labute approximate surface area is 66.9 Å². The third kappa shape index (κ3) is 0.932. The Hall–Kier alpha value is -1.23. The van der Waals surface area contributed by atoms with E-state index in [2.05, 4.69) is 20.3 Å². The van der Waals surface area contributed by atoms with E-state index in [9.17, 15) is 4.79 Å². The molecular formula is C5H3ClN4O. The lowest BCUT2D eigenvalue weighted by atomic mass is 10.3. The average Bonchev–Trinajstić information content (AvgIpc) is 2.34. The summed E-state index contributed by atoms with van der Waals surface area (Å²) in [4.78, 5) is 22.2. The molecule has 0 spiro atoms. The van der Waals surface area contributed by atoms with E-state index in [1.807, 2.05) is 0 Å². The van der Waals surface area contributed by atoms with Gasteiger partial charge in [0, 0.05) is 0 Å². The number of hydrogen-bond donors (Lipinski definition) is 1. The van der Waals surface area contributed by atoms with Crippen LogP contribution >= 0.6 is 11.6 Å². The van der Waals surface area contributed by atoms with Crippen molar-refractivity contribution in [1.29, 1.82) is 0 Å². The first-order valence-corrected chi connectivity index (χ1v) is 3.34. The maximum absolute atomic E-state index is 11.0. The lowest BCUT2D eigenvalue weighted by Crippen LogP contribution is -2.43. The van der Waals surface area contributed by atoms with E-state index in [4.69, 9.17) is 11.6 Å². The summed E-state index contributed by atoms with van der Waals surface area (Å²) >= 11 is 5.53. The quantitative estimate of drug-likeness (QED) is 0.387. The third-order valence-corrected chi connectivity index (χ3v) is 1.49. The number of rotatable bonds is 0. The number of alkyl halides is 1. The van der Waals surface area contributed by atoms with E-state index in [0.717, 1.165) is 0 Å².